The molecule has 5 nitrogen and oxygen atoms in total. The van der Waals surface area contributed by atoms with Crippen LogP contribution in [0, 0.1) is 6.92 Å². The SMILES string of the molecule is CNc1ccccc1S(=O)(=O)NCc1scnc1C. The van der Waals surface area contributed by atoms with Crippen molar-refractivity contribution in [2.45, 2.75) is 18.4 Å². The van der Waals surface area contributed by atoms with Gasteiger partial charge in [0.05, 0.1) is 16.9 Å². The van der Waals surface area contributed by atoms with Crippen LogP contribution >= 0.6 is 11.3 Å². The number of hydrogen-bond acceptors (Lipinski definition) is 5. The molecule has 0 fully saturated rings. The lowest BCUT2D eigenvalue weighted by molar-refractivity contribution is 0.582. The second-order valence-corrected chi connectivity index (χ2v) is 6.61. The summed E-state index contributed by atoms with van der Waals surface area (Å²) in [6.07, 6.45) is 0. The van der Waals surface area contributed by atoms with Crippen molar-refractivity contribution in [3.63, 3.8) is 0 Å². The Morgan fingerprint density at radius 1 is 1.32 bits per heavy atom. The molecule has 1 aromatic carbocycles. The number of nitrogens with zero attached hydrogens (tertiary/aromatic N) is 1. The number of rotatable bonds is 5. The van der Waals surface area contributed by atoms with E-state index in [0.717, 1.165) is 10.6 Å². The third-order valence-electron chi connectivity index (χ3n) is 2.71. The Bertz CT molecular complexity index is 665. The van der Waals surface area contributed by atoms with Crippen molar-refractivity contribution < 1.29 is 8.42 Å². The summed E-state index contributed by atoms with van der Waals surface area (Å²) in [6.45, 7) is 2.12. The van der Waals surface area contributed by atoms with Crippen LogP contribution in [-0.2, 0) is 16.6 Å². The molecule has 0 unspecified atom stereocenters. The molecule has 2 N–H and O–H groups in total. The summed E-state index contributed by atoms with van der Waals surface area (Å²) in [7, 11) is -1.83. The molecule has 19 heavy (non-hydrogen) atoms. The van der Waals surface area contributed by atoms with Crippen molar-refractivity contribution in [1.29, 1.82) is 0 Å². The van der Waals surface area contributed by atoms with Gasteiger partial charge in [0.15, 0.2) is 0 Å². The van der Waals surface area contributed by atoms with E-state index in [-0.39, 0.29) is 11.4 Å². The van der Waals surface area contributed by atoms with Crippen LogP contribution in [-0.4, -0.2) is 20.4 Å². The molecule has 1 aromatic heterocycles. The van der Waals surface area contributed by atoms with Gasteiger partial charge in [-0.15, -0.1) is 11.3 Å². The smallest absolute Gasteiger partial charge is 0.242 e. The summed E-state index contributed by atoms with van der Waals surface area (Å²) in [5.74, 6) is 0. The maximum atomic E-state index is 12.3. The lowest BCUT2D eigenvalue weighted by Gasteiger charge is -2.10. The van der Waals surface area contributed by atoms with E-state index in [4.69, 9.17) is 0 Å². The van der Waals surface area contributed by atoms with Gasteiger partial charge in [0.1, 0.15) is 4.90 Å². The van der Waals surface area contributed by atoms with Gasteiger partial charge in [0, 0.05) is 18.5 Å². The van der Waals surface area contributed by atoms with Crippen LogP contribution in [0.1, 0.15) is 10.6 Å². The third kappa shape index (κ3) is 3.12. The maximum absolute atomic E-state index is 12.3. The average Bonchev–Trinajstić information content (AvgIpc) is 2.82. The number of sulfonamides is 1. The van der Waals surface area contributed by atoms with Crippen molar-refractivity contribution in [2.75, 3.05) is 12.4 Å². The first-order valence-corrected chi connectivity index (χ1v) is 8.06. The van der Waals surface area contributed by atoms with Gasteiger partial charge in [0.25, 0.3) is 0 Å². The topological polar surface area (TPSA) is 71.1 Å². The summed E-state index contributed by atoms with van der Waals surface area (Å²) in [5, 5.41) is 2.88. The Kier molecular flexibility index (Phi) is 4.18. The van der Waals surface area contributed by atoms with Gasteiger partial charge in [-0.3, -0.25) is 0 Å². The van der Waals surface area contributed by atoms with Crippen LogP contribution in [0.4, 0.5) is 5.69 Å². The Labute approximate surface area is 116 Å². The number of aromatic nitrogens is 1. The molecule has 0 aliphatic carbocycles. The molecule has 0 saturated carbocycles. The zero-order valence-electron chi connectivity index (χ0n) is 10.7. The molecule has 102 valence electrons. The number of hydrogen-bond donors (Lipinski definition) is 2. The molecular formula is C12H15N3O2S2. The molecule has 0 aliphatic rings. The monoisotopic (exact) mass is 297 g/mol. The quantitative estimate of drug-likeness (QED) is 0.885. The molecule has 0 aliphatic heterocycles. The highest BCUT2D eigenvalue weighted by Gasteiger charge is 2.17. The predicted molar refractivity (Wildman–Crippen MR) is 76.9 cm³/mol. The number of para-hydroxylation sites is 1. The largest absolute Gasteiger partial charge is 0.387 e. The number of aryl methyl sites for hydroxylation is 1. The summed E-state index contributed by atoms with van der Waals surface area (Å²) < 4.78 is 27.1. The van der Waals surface area contributed by atoms with Gasteiger partial charge in [-0.1, -0.05) is 12.1 Å². The fourth-order valence-corrected chi connectivity index (χ4v) is 3.66. The lowest BCUT2D eigenvalue weighted by Crippen LogP contribution is -2.24. The number of thiazole rings is 1. The van der Waals surface area contributed by atoms with Crippen LogP contribution in [0.5, 0.6) is 0 Å². The Morgan fingerprint density at radius 2 is 2.05 bits per heavy atom. The molecule has 0 amide bonds. The molecule has 0 atom stereocenters. The van der Waals surface area contributed by atoms with E-state index in [9.17, 15) is 8.42 Å². The fraction of sp³-hybridized carbons (Fsp3) is 0.250. The molecule has 1 heterocycles. The first-order chi connectivity index (χ1) is 9.04. The molecule has 2 rings (SSSR count). The molecule has 0 spiro atoms. The maximum Gasteiger partial charge on any atom is 0.242 e. The van der Waals surface area contributed by atoms with Crippen molar-refractivity contribution in [3.05, 3.63) is 40.3 Å². The number of benzene rings is 1. The molecule has 7 heteroatoms. The van der Waals surface area contributed by atoms with Crippen LogP contribution < -0.4 is 10.0 Å². The summed E-state index contributed by atoms with van der Waals surface area (Å²) in [4.78, 5) is 5.27. The summed E-state index contributed by atoms with van der Waals surface area (Å²) in [5.41, 5.74) is 3.14. The highest BCUT2D eigenvalue weighted by Crippen LogP contribution is 2.20. The van der Waals surface area contributed by atoms with Gasteiger partial charge in [-0.2, -0.15) is 0 Å². The average molecular weight is 297 g/mol. The Hall–Kier alpha value is -1.44. The Balaban J connectivity index is 2.21. The lowest BCUT2D eigenvalue weighted by atomic mass is 10.3. The normalized spacial score (nSPS) is 11.5. The van der Waals surface area contributed by atoms with E-state index in [1.54, 1.807) is 36.8 Å². The van der Waals surface area contributed by atoms with Gasteiger partial charge in [-0.05, 0) is 19.1 Å². The van der Waals surface area contributed by atoms with Crippen molar-refractivity contribution in [1.82, 2.24) is 9.71 Å². The minimum atomic E-state index is -3.53. The van der Waals surface area contributed by atoms with E-state index in [0.29, 0.717) is 5.69 Å². The zero-order valence-corrected chi connectivity index (χ0v) is 12.3. The second kappa shape index (κ2) is 5.68. The Morgan fingerprint density at radius 3 is 2.68 bits per heavy atom. The van der Waals surface area contributed by atoms with Crippen LogP contribution in [0.15, 0.2) is 34.7 Å². The van der Waals surface area contributed by atoms with Crippen LogP contribution in [0.2, 0.25) is 0 Å². The number of nitrogens with one attached hydrogen (secondary N) is 2. The number of anilines is 1. The minimum Gasteiger partial charge on any atom is -0.387 e. The predicted octanol–water partition coefficient (Wildman–Crippen LogP) is 1.97. The van der Waals surface area contributed by atoms with E-state index < -0.39 is 10.0 Å². The third-order valence-corrected chi connectivity index (χ3v) is 5.11. The van der Waals surface area contributed by atoms with Gasteiger partial charge in [-0.25, -0.2) is 18.1 Å². The highest BCUT2D eigenvalue weighted by molar-refractivity contribution is 7.89. The van der Waals surface area contributed by atoms with Gasteiger partial charge < -0.3 is 5.32 Å². The van der Waals surface area contributed by atoms with Gasteiger partial charge in [0.2, 0.25) is 10.0 Å². The first kappa shape index (κ1) is 14.0. The van der Waals surface area contributed by atoms with Crippen LogP contribution in [0.25, 0.3) is 0 Å². The van der Waals surface area contributed by atoms with E-state index in [1.165, 1.54) is 11.3 Å². The van der Waals surface area contributed by atoms with Crippen molar-refractivity contribution >= 4 is 27.0 Å². The summed E-state index contributed by atoms with van der Waals surface area (Å²) in [6, 6.07) is 6.80. The molecule has 0 saturated heterocycles. The van der Waals surface area contributed by atoms with E-state index in [2.05, 4.69) is 15.0 Å². The van der Waals surface area contributed by atoms with Crippen molar-refractivity contribution in [3.8, 4) is 0 Å². The zero-order chi connectivity index (χ0) is 13.9. The summed E-state index contributed by atoms with van der Waals surface area (Å²) >= 11 is 1.44. The molecule has 0 bridgehead atoms. The molecular weight excluding hydrogens is 282 g/mol. The second-order valence-electron chi connectivity index (χ2n) is 3.93. The standard InChI is InChI=1S/C12H15N3O2S2/c1-9-11(18-8-14-9)7-15-19(16,17)12-6-4-3-5-10(12)13-2/h3-6,8,13,15H,7H2,1-2H3. The molecule has 2 aromatic rings. The van der Waals surface area contributed by atoms with Crippen LogP contribution in [0.3, 0.4) is 0 Å². The minimum absolute atomic E-state index is 0.250. The van der Waals surface area contributed by atoms with E-state index >= 15 is 0 Å². The highest BCUT2D eigenvalue weighted by atomic mass is 32.2. The fourth-order valence-electron chi connectivity index (χ4n) is 1.64. The van der Waals surface area contributed by atoms with E-state index in [1.807, 2.05) is 6.92 Å². The van der Waals surface area contributed by atoms with Crippen molar-refractivity contribution in [2.24, 2.45) is 0 Å². The first-order valence-electron chi connectivity index (χ1n) is 5.70. The molecule has 0 radical (unpaired) electrons. The van der Waals surface area contributed by atoms with Gasteiger partial charge >= 0.3 is 0 Å².